The summed E-state index contributed by atoms with van der Waals surface area (Å²) in [4.78, 5) is 11.8. The summed E-state index contributed by atoms with van der Waals surface area (Å²) in [5, 5.41) is 13.9. The normalized spacial score (nSPS) is 10.3. The number of anilines is 1. The molecule has 2 aromatic heterocycles. The molecule has 2 heterocycles. The molecule has 0 saturated heterocycles. The van der Waals surface area contributed by atoms with Gasteiger partial charge in [-0.05, 0) is 36.4 Å². The van der Waals surface area contributed by atoms with Crippen LogP contribution in [0.5, 0.6) is 5.88 Å². The zero-order valence-corrected chi connectivity index (χ0v) is 13.9. The van der Waals surface area contributed by atoms with Crippen LogP contribution in [-0.4, -0.2) is 29.4 Å². The molecule has 0 aliphatic heterocycles. The fourth-order valence-corrected chi connectivity index (χ4v) is 2.20. The lowest BCUT2D eigenvalue weighted by molar-refractivity contribution is 0.246. The number of benzene rings is 1. The Hall–Kier alpha value is -3.06. The number of carbonyl (C=O) groups excluding carboxylic acids is 1. The molecule has 2 amide bonds. The van der Waals surface area contributed by atoms with Gasteiger partial charge in [0, 0.05) is 16.8 Å². The molecule has 0 radical (unpaired) electrons. The molecule has 128 valence electrons. The molecule has 0 fully saturated rings. The number of furan rings is 1. The van der Waals surface area contributed by atoms with E-state index >= 15 is 0 Å². The maximum Gasteiger partial charge on any atom is 0.319 e. The van der Waals surface area contributed by atoms with Crippen molar-refractivity contribution in [1.82, 2.24) is 15.5 Å². The predicted molar refractivity (Wildman–Crippen MR) is 93.7 cm³/mol. The van der Waals surface area contributed by atoms with E-state index in [0.717, 1.165) is 0 Å². The lowest BCUT2D eigenvalue weighted by atomic mass is 10.3. The summed E-state index contributed by atoms with van der Waals surface area (Å²) in [6.45, 7) is 0.575. The predicted octanol–water partition coefficient (Wildman–Crippen LogP) is 3.59. The average Bonchev–Trinajstić information content (AvgIpc) is 3.14. The fraction of sp³-hybridized carbons (Fsp3) is 0.118. The van der Waals surface area contributed by atoms with Gasteiger partial charge in [-0.3, -0.25) is 0 Å². The van der Waals surface area contributed by atoms with Gasteiger partial charge in [-0.25, -0.2) is 4.79 Å². The van der Waals surface area contributed by atoms with Gasteiger partial charge in [0.25, 0.3) is 0 Å². The molecule has 0 aliphatic rings. The van der Waals surface area contributed by atoms with Crippen LogP contribution in [0.15, 0.2) is 59.2 Å². The second-order valence-corrected chi connectivity index (χ2v) is 5.41. The van der Waals surface area contributed by atoms with E-state index in [0.29, 0.717) is 34.6 Å². The smallest absolute Gasteiger partial charge is 0.319 e. The first-order valence-electron chi connectivity index (χ1n) is 7.51. The molecule has 3 aromatic rings. The van der Waals surface area contributed by atoms with Gasteiger partial charge in [0.15, 0.2) is 5.76 Å². The summed E-state index contributed by atoms with van der Waals surface area (Å²) in [5.74, 6) is 1.01. The lowest BCUT2D eigenvalue weighted by Crippen LogP contribution is -2.32. The highest BCUT2D eigenvalue weighted by atomic mass is 35.5. The van der Waals surface area contributed by atoms with Crippen molar-refractivity contribution in [3.05, 3.63) is 59.8 Å². The van der Waals surface area contributed by atoms with Crippen LogP contribution < -0.4 is 15.4 Å². The number of halogens is 1. The number of nitrogens with one attached hydrogen (secondary N) is 2. The molecule has 0 atom stereocenters. The van der Waals surface area contributed by atoms with Crippen molar-refractivity contribution in [3.8, 4) is 17.3 Å². The van der Waals surface area contributed by atoms with Crippen molar-refractivity contribution in [3.63, 3.8) is 0 Å². The van der Waals surface area contributed by atoms with Crippen LogP contribution in [0.25, 0.3) is 11.5 Å². The number of urea groups is 1. The Morgan fingerprint density at radius 2 is 2.08 bits per heavy atom. The largest absolute Gasteiger partial charge is 0.475 e. The molecule has 3 rings (SSSR count). The fourth-order valence-electron chi connectivity index (χ4n) is 2.01. The SMILES string of the molecule is O=C(NCCOc1ccc(-c2ccco2)nn1)Nc1cccc(Cl)c1. The van der Waals surface area contributed by atoms with E-state index in [9.17, 15) is 4.79 Å². The molecule has 1 aromatic carbocycles. The van der Waals surface area contributed by atoms with Crippen molar-refractivity contribution >= 4 is 23.3 Å². The monoisotopic (exact) mass is 358 g/mol. The van der Waals surface area contributed by atoms with Crippen LogP contribution in [0.3, 0.4) is 0 Å². The third-order valence-electron chi connectivity index (χ3n) is 3.13. The van der Waals surface area contributed by atoms with E-state index in [4.69, 9.17) is 20.8 Å². The van der Waals surface area contributed by atoms with Crippen molar-refractivity contribution < 1.29 is 13.9 Å². The molecular formula is C17H15ClN4O3. The van der Waals surface area contributed by atoms with Gasteiger partial charge in [0.2, 0.25) is 5.88 Å². The maximum absolute atomic E-state index is 11.8. The maximum atomic E-state index is 11.8. The third-order valence-corrected chi connectivity index (χ3v) is 3.37. The molecule has 7 nitrogen and oxygen atoms in total. The summed E-state index contributed by atoms with van der Waals surface area (Å²) in [6.07, 6.45) is 1.57. The summed E-state index contributed by atoms with van der Waals surface area (Å²) in [6, 6.07) is 13.6. The molecule has 0 aliphatic carbocycles. The van der Waals surface area contributed by atoms with E-state index in [1.165, 1.54) is 0 Å². The van der Waals surface area contributed by atoms with E-state index in [1.54, 1.807) is 54.8 Å². The highest BCUT2D eigenvalue weighted by Crippen LogP contribution is 2.17. The number of hydrogen-bond acceptors (Lipinski definition) is 5. The second-order valence-electron chi connectivity index (χ2n) is 4.97. The highest BCUT2D eigenvalue weighted by Gasteiger charge is 2.05. The van der Waals surface area contributed by atoms with Crippen LogP contribution in [0.4, 0.5) is 10.5 Å². The van der Waals surface area contributed by atoms with Crippen LogP contribution in [0, 0.1) is 0 Å². The first-order chi connectivity index (χ1) is 12.2. The summed E-state index contributed by atoms with van der Waals surface area (Å²) in [5.41, 5.74) is 1.24. The van der Waals surface area contributed by atoms with Gasteiger partial charge in [0.05, 0.1) is 12.8 Å². The Morgan fingerprint density at radius 3 is 2.80 bits per heavy atom. The zero-order chi connectivity index (χ0) is 17.5. The lowest BCUT2D eigenvalue weighted by Gasteiger charge is -2.08. The van der Waals surface area contributed by atoms with Crippen LogP contribution in [0.2, 0.25) is 5.02 Å². The van der Waals surface area contributed by atoms with Crippen LogP contribution in [-0.2, 0) is 0 Å². The Labute approximate surface area is 149 Å². The first-order valence-corrected chi connectivity index (χ1v) is 7.89. The van der Waals surface area contributed by atoms with Crippen molar-refractivity contribution in [2.75, 3.05) is 18.5 Å². The van der Waals surface area contributed by atoms with Gasteiger partial charge >= 0.3 is 6.03 Å². The number of ether oxygens (including phenoxy) is 1. The first kappa shape index (κ1) is 16.8. The summed E-state index contributed by atoms with van der Waals surface area (Å²) in [7, 11) is 0. The Bertz CT molecular complexity index is 822. The standard InChI is InChI=1S/C17H15ClN4O3/c18-12-3-1-4-13(11-12)20-17(23)19-8-10-25-16-7-6-14(21-22-16)15-5-2-9-24-15/h1-7,9,11H,8,10H2,(H2,19,20,23). The number of nitrogens with zero attached hydrogens (tertiary/aromatic N) is 2. The molecular weight excluding hydrogens is 344 g/mol. The number of hydrogen-bond donors (Lipinski definition) is 2. The second kappa shape index (κ2) is 8.16. The minimum Gasteiger partial charge on any atom is -0.475 e. The quantitative estimate of drug-likeness (QED) is 0.657. The van der Waals surface area contributed by atoms with Gasteiger partial charge in [-0.2, -0.15) is 0 Å². The van der Waals surface area contributed by atoms with E-state index in [1.807, 2.05) is 0 Å². The minimum absolute atomic E-state index is 0.262. The van der Waals surface area contributed by atoms with E-state index in [-0.39, 0.29) is 12.6 Å². The van der Waals surface area contributed by atoms with Crippen molar-refractivity contribution in [2.45, 2.75) is 0 Å². The number of amides is 2. The van der Waals surface area contributed by atoms with Gasteiger partial charge in [-0.15, -0.1) is 10.2 Å². The highest BCUT2D eigenvalue weighted by molar-refractivity contribution is 6.30. The minimum atomic E-state index is -0.342. The van der Waals surface area contributed by atoms with Crippen molar-refractivity contribution in [1.29, 1.82) is 0 Å². The van der Waals surface area contributed by atoms with Gasteiger partial charge in [-0.1, -0.05) is 17.7 Å². The van der Waals surface area contributed by atoms with E-state index < -0.39 is 0 Å². The Balaban J connectivity index is 1.40. The topological polar surface area (TPSA) is 89.3 Å². The number of carbonyl (C=O) groups is 1. The molecule has 0 saturated carbocycles. The van der Waals surface area contributed by atoms with Crippen molar-refractivity contribution in [2.24, 2.45) is 0 Å². The third kappa shape index (κ3) is 4.95. The average molecular weight is 359 g/mol. The molecule has 8 heteroatoms. The van der Waals surface area contributed by atoms with Gasteiger partial charge < -0.3 is 19.8 Å². The molecule has 2 N–H and O–H groups in total. The molecule has 0 unspecified atom stereocenters. The Kier molecular flexibility index (Phi) is 5.48. The summed E-state index contributed by atoms with van der Waals surface area (Å²) >= 11 is 5.86. The van der Waals surface area contributed by atoms with E-state index in [2.05, 4.69) is 20.8 Å². The molecule has 0 spiro atoms. The number of aromatic nitrogens is 2. The number of rotatable bonds is 6. The zero-order valence-electron chi connectivity index (χ0n) is 13.1. The summed E-state index contributed by atoms with van der Waals surface area (Å²) < 4.78 is 10.7. The van der Waals surface area contributed by atoms with Crippen LogP contribution >= 0.6 is 11.6 Å². The molecule has 0 bridgehead atoms. The van der Waals surface area contributed by atoms with Gasteiger partial charge in [0.1, 0.15) is 12.3 Å². The van der Waals surface area contributed by atoms with Crippen LogP contribution in [0.1, 0.15) is 0 Å². The molecule has 25 heavy (non-hydrogen) atoms. The Morgan fingerprint density at radius 1 is 1.16 bits per heavy atom.